The van der Waals surface area contributed by atoms with Gasteiger partial charge in [-0.2, -0.15) is 5.10 Å². The molecule has 2 amide bonds. The maximum absolute atomic E-state index is 12.6. The lowest BCUT2D eigenvalue weighted by molar-refractivity contribution is -0.130. The Labute approximate surface area is 134 Å². The summed E-state index contributed by atoms with van der Waals surface area (Å²) in [5.41, 5.74) is 1.20. The summed E-state index contributed by atoms with van der Waals surface area (Å²) < 4.78 is 5.83. The molecule has 1 aliphatic rings. The summed E-state index contributed by atoms with van der Waals surface area (Å²) in [5.74, 6) is 0.467. The van der Waals surface area contributed by atoms with Crippen LogP contribution >= 0.6 is 0 Å². The monoisotopic (exact) mass is 313 g/mol. The molecule has 0 unspecified atom stereocenters. The Hall–Kier alpha value is -2.63. The van der Waals surface area contributed by atoms with Gasteiger partial charge in [0.15, 0.2) is 0 Å². The van der Waals surface area contributed by atoms with Gasteiger partial charge in [-0.3, -0.25) is 9.59 Å². The van der Waals surface area contributed by atoms with E-state index < -0.39 is 0 Å². The second-order valence-electron chi connectivity index (χ2n) is 5.74. The first-order chi connectivity index (χ1) is 11.0. The van der Waals surface area contributed by atoms with Crippen LogP contribution in [0.1, 0.15) is 31.6 Å². The minimum atomic E-state index is -0.222. The maximum Gasteiger partial charge on any atom is 0.270 e. The lowest BCUT2D eigenvalue weighted by Crippen LogP contribution is -2.39. The second kappa shape index (κ2) is 5.87. The number of nitrogens with zero attached hydrogens (tertiary/aromatic N) is 3. The van der Waals surface area contributed by atoms with Gasteiger partial charge in [0.25, 0.3) is 5.91 Å². The van der Waals surface area contributed by atoms with E-state index in [1.165, 1.54) is 5.01 Å². The molecule has 0 spiro atoms. The topological polar surface area (TPSA) is 66.1 Å². The third-order valence-corrected chi connectivity index (χ3v) is 4.21. The average molecular weight is 313 g/mol. The zero-order chi connectivity index (χ0) is 16.6. The Kier molecular flexibility index (Phi) is 3.90. The zero-order valence-corrected chi connectivity index (χ0v) is 13.4. The molecule has 6 nitrogen and oxygen atoms in total. The molecule has 2 aromatic rings. The molecule has 3 rings (SSSR count). The first-order valence-electron chi connectivity index (χ1n) is 7.57. The van der Waals surface area contributed by atoms with Crippen molar-refractivity contribution < 1.29 is 14.0 Å². The first-order valence-corrected chi connectivity index (χ1v) is 7.57. The van der Waals surface area contributed by atoms with Gasteiger partial charge in [-0.25, -0.2) is 5.01 Å². The molecule has 23 heavy (non-hydrogen) atoms. The summed E-state index contributed by atoms with van der Waals surface area (Å²) in [6, 6.07) is 9.47. The van der Waals surface area contributed by atoms with Crippen LogP contribution in [0.5, 0.6) is 0 Å². The van der Waals surface area contributed by atoms with Crippen molar-refractivity contribution in [3.05, 3.63) is 36.1 Å². The largest absolute Gasteiger partial charge is 0.459 e. The summed E-state index contributed by atoms with van der Waals surface area (Å²) in [5, 5.41) is 6.32. The number of hydrazone groups is 1. The number of hydrogen-bond donors (Lipinski definition) is 0. The Morgan fingerprint density at radius 1 is 1.35 bits per heavy atom. The molecule has 6 heteroatoms. The number of carbonyl (C=O) groups excluding carboxylic acids is 2. The van der Waals surface area contributed by atoms with Crippen LogP contribution in [0.2, 0.25) is 0 Å². The second-order valence-corrected chi connectivity index (χ2v) is 5.74. The number of hydrogen-bond acceptors (Lipinski definition) is 4. The van der Waals surface area contributed by atoms with Gasteiger partial charge in [0.2, 0.25) is 5.91 Å². The third-order valence-electron chi connectivity index (χ3n) is 4.21. The van der Waals surface area contributed by atoms with Crippen molar-refractivity contribution >= 4 is 28.5 Å². The van der Waals surface area contributed by atoms with E-state index >= 15 is 0 Å². The van der Waals surface area contributed by atoms with Gasteiger partial charge in [-0.1, -0.05) is 18.2 Å². The van der Waals surface area contributed by atoms with E-state index in [-0.39, 0.29) is 17.9 Å². The average Bonchev–Trinajstić information content (AvgIpc) is 2.99. The van der Waals surface area contributed by atoms with Crippen molar-refractivity contribution in [2.24, 2.45) is 5.10 Å². The Balaban J connectivity index is 1.81. The van der Waals surface area contributed by atoms with Crippen LogP contribution in [0.4, 0.5) is 0 Å². The van der Waals surface area contributed by atoms with Gasteiger partial charge in [-0.05, 0) is 19.1 Å². The van der Waals surface area contributed by atoms with Crippen molar-refractivity contribution in [2.45, 2.75) is 25.8 Å². The minimum Gasteiger partial charge on any atom is -0.459 e. The lowest BCUT2D eigenvalue weighted by Gasteiger charge is -2.26. The van der Waals surface area contributed by atoms with Crippen molar-refractivity contribution in [3.63, 3.8) is 0 Å². The van der Waals surface area contributed by atoms with Crippen molar-refractivity contribution in [2.75, 3.05) is 14.1 Å². The molecule has 1 aromatic carbocycles. The molecule has 0 fully saturated rings. The van der Waals surface area contributed by atoms with E-state index in [4.69, 9.17) is 4.42 Å². The smallest absolute Gasteiger partial charge is 0.270 e. The Morgan fingerprint density at radius 3 is 2.78 bits per heavy atom. The van der Waals surface area contributed by atoms with E-state index in [1.54, 1.807) is 19.0 Å². The van der Waals surface area contributed by atoms with Gasteiger partial charge in [-0.15, -0.1) is 0 Å². The Bertz CT molecular complexity index is 760. The molecule has 0 radical (unpaired) electrons. The highest BCUT2D eigenvalue weighted by Gasteiger charge is 2.28. The van der Waals surface area contributed by atoms with Crippen LogP contribution in [0.3, 0.4) is 0 Å². The van der Waals surface area contributed by atoms with Crippen LogP contribution in [0.15, 0.2) is 39.9 Å². The standard InChI is InChI=1S/C17H19N3O3/c1-11(15-10-12-6-4-5-7-14(12)23-15)19(2)17(22)13-8-9-16(21)20(3)18-13/h4-7,10-11H,8-9H2,1-3H3/t11-/m1/s1. The summed E-state index contributed by atoms with van der Waals surface area (Å²) in [4.78, 5) is 25.7. The third kappa shape index (κ3) is 2.84. The summed E-state index contributed by atoms with van der Waals surface area (Å²) in [6.07, 6.45) is 0.688. The normalized spacial score (nSPS) is 16.4. The highest BCUT2D eigenvalue weighted by Crippen LogP contribution is 2.27. The van der Waals surface area contributed by atoms with E-state index in [1.807, 2.05) is 37.3 Å². The first kappa shape index (κ1) is 15.3. The maximum atomic E-state index is 12.6. The molecule has 2 heterocycles. The number of rotatable bonds is 3. The highest BCUT2D eigenvalue weighted by molar-refractivity contribution is 6.39. The Morgan fingerprint density at radius 2 is 2.09 bits per heavy atom. The molecule has 1 aromatic heterocycles. The van der Waals surface area contributed by atoms with Crippen LogP contribution in [-0.2, 0) is 9.59 Å². The van der Waals surface area contributed by atoms with Gasteiger partial charge in [0, 0.05) is 32.3 Å². The number of furan rings is 1. The molecule has 0 N–H and O–H groups in total. The number of carbonyl (C=O) groups is 2. The fourth-order valence-electron chi connectivity index (χ4n) is 2.60. The van der Waals surface area contributed by atoms with Crippen LogP contribution in [0, 0.1) is 0 Å². The zero-order valence-electron chi connectivity index (χ0n) is 13.4. The van der Waals surface area contributed by atoms with E-state index in [0.29, 0.717) is 18.6 Å². The van der Waals surface area contributed by atoms with Gasteiger partial charge >= 0.3 is 0 Å². The minimum absolute atomic E-state index is 0.0745. The number of benzene rings is 1. The van der Waals surface area contributed by atoms with Crippen molar-refractivity contribution in [1.82, 2.24) is 9.91 Å². The van der Waals surface area contributed by atoms with E-state index in [9.17, 15) is 9.59 Å². The molecular weight excluding hydrogens is 294 g/mol. The quantitative estimate of drug-likeness (QED) is 0.874. The molecule has 0 bridgehead atoms. The number of amides is 2. The van der Waals surface area contributed by atoms with Gasteiger partial charge in [0.05, 0.1) is 6.04 Å². The van der Waals surface area contributed by atoms with E-state index in [0.717, 1.165) is 16.7 Å². The molecule has 0 saturated carbocycles. The SMILES string of the molecule is C[C@H](c1cc2ccccc2o1)N(C)C(=O)C1=NN(C)C(=O)CC1. The molecule has 0 saturated heterocycles. The molecule has 1 atom stereocenters. The predicted molar refractivity (Wildman–Crippen MR) is 86.8 cm³/mol. The van der Waals surface area contributed by atoms with Crippen molar-refractivity contribution in [1.29, 1.82) is 0 Å². The number of para-hydroxylation sites is 1. The fourth-order valence-corrected chi connectivity index (χ4v) is 2.60. The summed E-state index contributed by atoms with van der Waals surface area (Å²) in [7, 11) is 3.29. The molecule has 1 aliphatic heterocycles. The van der Waals surface area contributed by atoms with Gasteiger partial charge in [0.1, 0.15) is 17.1 Å². The molecule has 0 aliphatic carbocycles. The number of fused-ring (bicyclic) bond motifs is 1. The summed E-state index contributed by atoms with van der Waals surface area (Å²) in [6.45, 7) is 1.91. The van der Waals surface area contributed by atoms with Crippen LogP contribution < -0.4 is 0 Å². The van der Waals surface area contributed by atoms with Crippen LogP contribution in [-0.4, -0.2) is 41.5 Å². The van der Waals surface area contributed by atoms with Crippen LogP contribution in [0.25, 0.3) is 11.0 Å². The highest BCUT2D eigenvalue weighted by atomic mass is 16.3. The fraction of sp³-hybridized carbons (Fsp3) is 0.353. The van der Waals surface area contributed by atoms with E-state index in [2.05, 4.69) is 5.10 Å². The van der Waals surface area contributed by atoms with Crippen molar-refractivity contribution in [3.8, 4) is 0 Å². The predicted octanol–water partition coefficient (Wildman–Crippen LogP) is 2.56. The lowest BCUT2D eigenvalue weighted by atomic mass is 10.1. The summed E-state index contributed by atoms with van der Waals surface area (Å²) >= 11 is 0. The van der Waals surface area contributed by atoms with Gasteiger partial charge < -0.3 is 9.32 Å². The molecule has 120 valence electrons. The molecular formula is C17H19N3O3.